The highest BCUT2D eigenvalue weighted by Gasteiger charge is 2.57. The average molecular weight is 1410 g/mol. The lowest BCUT2D eigenvalue weighted by molar-refractivity contribution is -0.370. The zero-order valence-electron chi connectivity index (χ0n) is 59.8. The van der Waals surface area contributed by atoms with Crippen LogP contribution in [0.25, 0.3) is 31.3 Å². The molecule has 3 aromatic carbocycles. The Kier molecular flexibility index (Phi) is 28.9. The maximum absolute atomic E-state index is 12.8. The number of azide groups is 3. The molecule has 13 unspecified atom stereocenters. The van der Waals surface area contributed by atoms with Gasteiger partial charge in [0, 0.05) is 66.3 Å². The minimum atomic E-state index is -1.33. The van der Waals surface area contributed by atoms with Crippen LogP contribution in [0.2, 0.25) is 0 Å². The molecule has 0 radical (unpaired) electrons. The van der Waals surface area contributed by atoms with Crippen molar-refractivity contribution >= 4 is 17.9 Å². The van der Waals surface area contributed by atoms with Crippen molar-refractivity contribution in [3.63, 3.8) is 0 Å². The molecule has 30 atom stereocenters. The molecule has 3 aromatic rings. The molecule has 6 aliphatic rings. The van der Waals surface area contributed by atoms with E-state index < -0.39 is 177 Å². The van der Waals surface area contributed by atoms with Crippen molar-refractivity contribution in [2.75, 3.05) is 26.9 Å². The Morgan fingerprint density at radius 2 is 0.644 bits per heavy atom. The molecule has 6 heterocycles. The first-order valence-electron chi connectivity index (χ1n) is 34.8. The molecule has 6 aliphatic heterocycles. The van der Waals surface area contributed by atoms with Crippen molar-refractivity contribution in [2.45, 2.75) is 251 Å². The van der Waals surface area contributed by atoms with E-state index in [2.05, 4.69) is 37.0 Å². The van der Waals surface area contributed by atoms with Gasteiger partial charge >= 0.3 is 17.9 Å². The summed E-state index contributed by atoms with van der Waals surface area (Å²) < 4.78 is 118. The zero-order chi connectivity index (χ0) is 72.6. The van der Waals surface area contributed by atoms with Crippen LogP contribution in [0.3, 0.4) is 0 Å². The lowest BCUT2D eigenvalue weighted by atomic mass is 9.85. The molecule has 0 aromatic heterocycles. The molecule has 6 fully saturated rings. The van der Waals surface area contributed by atoms with Gasteiger partial charge in [0.15, 0.2) is 37.7 Å². The van der Waals surface area contributed by atoms with E-state index in [0.29, 0.717) is 6.61 Å². The summed E-state index contributed by atoms with van der Waals surface area (Å²) in [6.45, 7) is 22.5. The minimum absolute atomic E-state index is 0.000817. The minimum Gasteiger partial charge on any atom is -0.463 e. The van der Waals surface area contributed by atoms with Crippen molar-refractivity contribution in [3.05, 3.63) is 139 Å². The Morgan fingerprint density at radius 1 is 0.356 bits per heavy atom. The zero-order valence-corrected chi connectivity index (χ0v) is 59.8. The summed E-state index contributed by atoms with van der Waals surface area (Å²) >= 11 is 0. The molecule has 554 valence electrons. The summed E-state index contributed by atoms with van der Waals surface area (Å²) in [6.07, 6.45) is -18.0. The number of rotatable bonds is 29. The van der Waals surface area contributed by atoms with Gasteiger partial charge in [-0.05, 0) is 71.8 Å². The van der Waals surface area contributed by atoms with E-state index in [1.807, 2.05) is 139 Å². The van der Waals surface area contributed by atoms with Gasteiger partial charge in [0.2, 0.25) is 0 Å². The topological polar surface area (TPSA) is 364 Å². The number of benzene rings is 3. The van der Waals surface area contributed by atoms with Crippen molar-refractivity contribution in [1.29, 1.82) is 0 Å². The van der Waals surface area contributed by atoms with E-state index >= 15 is 0 Å². The molecule has 0 spiro atoms. The molecule has 9 rings (SSSR count). The molecule has 0 saturated carbocycles. The van der Waals surface area contributed by atoms with E-state index in [9.17, 15) is 31.0 Å². The molecule has 0 amide bonds. The number of carbonyl (C=O) groups excluding carboxylic acids is 3. The van der Waals surface area contributed by atoms with Gasteiger partial charge in [-0.3, -0.25) is 14.4 Å². The van der Waals surface area contributed by atoms with E-state index in [1.165, 1.54) is 27.9 Å². The highest BCUT2D eigenvalue weighted by molar-refractivity contribution is 5.66. The second kappa shape index (κ2) is 37.2. The van der Waals surface area contributed by atoms with Gasteiger partial charge in [-0.15, -0.1) is 0 Å². The number of hydrogen-bond acceptors (Lipinski definition) is 24. The third kappa shape index (κ3) is 19.8. The van der Waals surface area contributed by atoms with Crippen LogP contribution in [0.15, 0.2) is 106 Å². The van der Waals surface area contributed by atoms with Crippen LogP contribution in [-0.4, -0.2) is 186 Å². The van der Waals surface area contributed by atoms with E-state index in [-0.39, 0.29) is 57.1 Å². The normalized spacial score (nSPS) is 38.7. The SMILES string of the molecule is COC1OC(COC(C)=O)[C@@H](O[C@@H]2OC(C)[C@H](O[C@@H]3OC(COC(C)=O)[C@@H](O[C@@H]4OC(C)[C@H](O[C@H]5OC(COC(C)=O)[C@@H](O[C@@H]6OC(C)[C@@H](C)[C@@H](OCc7ccccc7)C6C)[C@H](C)C5N=[N+]=[N-])[C@@H](OCc5ccccc5)C4C)[C@H](C)C3N=[N+]=[N-])[C@@H](OCc3ccccc3)C2C)[C@H](C)C1N=[N+]=[N-]. The number of hydrogen-bond donors (Lipinski definition) is 0. The summed E-state index contributed by atoms with van der Waals surface area (Å²) in [5.74, 6) is -5.22. The standard InChI is InChI=1S/C71H99N9O21/c1-36-43(8)91-66(40(5)58(36)88-30-49-24-18-15-19-25-49)97-60-38(3)56(76-79-73)70(95-53(60)34-86-47(12)82)100-65-45(10)93-68(42(7)63(65)90-32-51-28-22-17-23-29-51)99-61-39(4)57(77-80-74)71(96-54(61)35-87-48(13)83)101-64-44(9)92-67(41(6)62(64)89-31-50-26-20-16-21-27-50)98-59-37(2)55(75-78-72)69(84-14)94-52(59)33-85-46(11)81/h15-29,36-45,52-71H,30-35H2,1-14H3/t36-,37-,38-,39-,40?,41?,42?,43?,44?,45?,52?,53?,54?,55?,56?,57?,58-,59+,60+,61+,62+,63+,64+,65+,66+,67+,68+,69?,70-,71+/m1/s1. The molecular formula is C71H99N9O21. The highest BCUT2D eigenvalue weighted by atomic mass is 16.8. The Labute approximate surface area is 589 Å². The lowest BCUT2D eigenvalue weighted by Gasteiger charge is -2.52. The van der Waals surface area contributed by atoms with E-state index in [4.69, 9.17) is 85.3 Å². The number of nitrogens with zero attached hydrogens (tertiary/aromatic N) is 9. The first-order valence-corrected chi connectivity index (χ1v) is 34.8. The van der Waals surface area contributed by atoms with Gasteiger partial charge in [-0.2, -0.15) is 0 Å². The predicted octanol–water partition coefficient (Wildman–Crippen LogP) is 10.9. The molecule has 0 aliphatic carbocycles. The second-order valence-corrected chi connectivity index (χ2v) is 27.3. The van der Waals surface area contributed by atoms with Gasteiger partial charge < -0.3 is 85.3 Å². The molecule has 101 heavy (non-hydrogen) atoms. The molecule has 0 bridgehead atoms. The summed E-state index contributed by atoms with van der Waals surface area (Å²) in [5.41, 5.74) is 32.9. The maximum atomic E-state index is 12.8. The van der Waals surface area contributed by atoms with Crippen molar-refractivity contribution in [2.24, 2.45) is 56.8 Å². The third-order valence-corrected chi connectivity index (χ3v) is 20.2. The average Bonchev–Trinajstić information content (AvgIpc) is 0.777. The third-order valence-electron chi connectivity index (χ3n) is 20.2. The van der Waals surface area contributed by atoms with E-state index in [0.717, 1.165) is 16.7 Å². The number of ether oxygens (including phenoxy) is 18. The van der Waals surface area contributed by atoms with Gasteiger partial charge in [0.05, 0.1) is 92.9 Å². The van der Waals surface area contributed by atoms with Crippen LogP contribution in [0.1, 0.15) is 107 Å². The van der Waals surface area contributed by atoms with Crippen LogP contribution in [0.4, 0.5) is 0 Å². The van der Waals surface area contributed by atoms with Crippen molar-refractivity contribution in [1.82, 2.24) is 0 Å². The monoisotopic (exact) mass is 1410 g/mol. The van der Waals surface area contributed by atoms with Crippen LogP contribution in [0.5, 0.6) is 0 Å². The van der Waals surface area contributed by atoms with Crippen molar-refractivity contribution in [3.8, 4) is 0 Å². The Hall–Kier alpha value is -6.60. The quantitative estimate of drug-likeness (QED) is 0.0205. The summed E-state index contributed by atoms with van der Waals surface area (Å²) in [5, 5.41) is 12.6. The molecule has 0 N–H and O–H groups in total. The summed E-state index contributed by atoms with van der Waals surface area (Å²) in [6, 6.07) is 26.0. The summed E-state index contributed by atoms with van der Waals surface area (Å²) in [7, 11) is 1.42. The fraction of sp³-hybridized carbons (Fsp3) is 0.704. The highest BCUT2D eigenvalue weighted by Crippen LogP contribution is 2.44. The number of carbonyl (C=O) groups is 3. The van der Waals surface area contributed by atoms with Gasteiger partial charge in [-0.1, -0.05) is 155 Å². The largest absolute Gasteiger partial charge is 0.463 e. The molecule has 6 saturated heterocycles. The molecule has 30 nitrogen and oxygen atoms in total. The second-order valence-electron chi connectivity index (χ2n) is 27.3. The van der Waals surface area contributed by atoms with Crippen LogP contribution in [0, 0.1) is 41.4 Å². The Balaban J connectivity index is 0.966. The smallest absolute Gasteiger partial charge is 0.302 e. The van der Waals surface area contributed by atoms with Gasteiger partial charge in [0.25, 0.3) is 0 Å². The van der Waals surface area contributed by atoms with Crippen LogP contribution in [-0.2, 0) is 119 Å². The van der Waals surface area contributed by atoms with Crippen LogP contribution < -0.4 is 0 Å². The van der Waals surface area contributed by atoms with Crippen molar-refractivity contribution < 1.29 is 99.6 Å². The van der Waals surface area contributed by atoms with E-state index in [1.54, 1.807) is 13.8 Å². The Morgan fingerprint density at radius 3 is 0.960 bits per heavy atom. The number of methoxy groups -OCH3 is 1. The number of esters is 3. The fourth-order valence-electron chi connectivity index (χ4n) is 14.4. The molecule has 30 heteroatoms. The Bertz CT molecular complexity index is 3270. The molecular weight excluding hydrogens is 1310 g/mol. The fourth-order valence-corrected chi connectivity index (χ4v) is 14.4. The summed E-state index contributed by atoms with van der Waals surface area (Å²) in [4.78, 5) is 47.1. The van der Waals surface area contributed by atoms with Gasteiger partial charge in [-0.25, -0.2) is 0 Å². The van der Waals surface area contributed by atoms with Crippen LogP contribution >= 0.6 is 0 Å². The lowest BCUT2D eigenvalue weighted by Crippen LogP contribution is -2.64. The predicted molar refractivity (Wildman–Crippen MR) is 358 cm³/mol. The maximum Gasteiger partial charge on any atom is 0.302 e. The first-order chi connectivity index (χ1) is 48.5. The van der Waals surface area contributed by atoms with Gasteiger partial charge in [0.1, 0.15) is 50.3 Å². The first kappa shape index (κ1) is 78.5.